The summed E-state index contributed by atoms with van der Waals surface area (Å²) < 4.78 is 1.26. The first-order chi connectivity index (χ1) is 3.39. The van der Waals surface area contributed by atoms with Crippen molar-refractivity contribution in [2.24, 2.45) is 0 Å². The summed E-state index contributed by atoms with van der Waals surface area (Å²) in [5.41, 5.74) is 0. The molecule has 1 rings (SSSR count). The van der Waals surface area contributed by atoms with Gasteiger partial charge < -0.3 is 0 Å². The van der Waals surface area contributed by atoms with Crippen molar-refractivity contribution < 1.29 is 0 Å². The van der Waals surface area contributed by atoms with Gasteiger partial charge in [0.15, 0.2) is 0 Å². The molecule has 1 heterocycles. The van der Waals surface area contributed by atoms with E-state index in [2.05, 4.69) is 11.1 Å². The summed E-state index contributed by atoms with van der Waals surface area (Å²) in [6, 6.07) is 6.02. The summed E-state index contributed by atoms with van der Waals surface area (Å²) in [6.45, 7) is 0. The second-order valence-electron chi connectivity index (χ2n) is 1.47. The van der Waals surface area contributed by atoms with E-state index in [4.69, 9.17) is 0 Å². The average molecular weight is 117 g/mol. The van der Waals surface area contributed by atoms with Crippen molar-refractivity contribution in [3.63, 3.8) is 0 Å². The normalized spacial score (nSPS) is 8.86. The van der Waals surface area contributed by atoms with E-state index < -0.39 is 0 Å². The Labute approximate surface area is 76.7 Å². The van der Waals surface area contributed by atoms with Gasteiger partial charge in [0.2, 0.25) is 0 Å². The van der Waals surface area contributed by atoms with Gasteiger partial charge in [0, 0.05) is 0 Å². The quantitative estimate of drug-likeness (QED) is 0.432. The van der Waals surface area contributed by atoms with Crippen LogP contribution in [0.3, 0.4) is 0 Å². The monoisotopic (exact) mass is 117 g/mol. The van der Waals surface area contributed by atoms with Crippen molar-refractivity contribution in [3.05, 3.63) is 24.4 Å². The van der Waals surface area contributed by atoms with Crippen molar-refractivity contribution >= 4 is 48.7 Å². The van der Waals surface area contributed by atoms with Gasteiger partial charge in [-0.25, -0.2) is 0 Å². The van der Waals surface area contributed by atoms with E-state index in [0.29, 0.717) is 0 Å². The van der Waals surface area contributed by atoms with E-state index >= 15 is 0 Å². The molecule has 0 amide bonds. The molecule has 0 aliphatic rings. The zero-order chi connectivity index (χ0) is 5.11. The number of aromatic nitrogens is 1. The molecule has 0 bridgehead atoms. The Balaban J connectivity index is 3.02. The topological polar surface area (TPSA) is 12.9 Å². The number of rotatable bonds is 0. The van der Waals surface area contributed by atoms with Gasteiger partial charge in [0.1, 0.15) is 0 Å². The SMILES string of the molecule is [K][c]1ccccn1. The van der Waals surface area contributed by atoms with Gasteiger partial charge in [-0.1, -0.05) is 0 Å². The van der Waals surface area contributed by atoms with Crippen LogP contribution in [-0.2, 0) is 0 Å². The van der Waals surface area contributed by atoms with E-state index in [-0.39, 0.29) is 0 Å². The molecule has 0 radical (unpaired) electrons. The summed E-state index contributed by atoms with van der Waals surface area (Å²) in [6.07, 6.45) is 1.83. The fourth-order valence-corrected chi connectivity index (χ4v) is 0.981. The van der Waals surface area contributed by atoms with E-state index in [1.807, 2.05) is 18.3 Å². The zero-order valence-corrected chi connectivity index (χ0v) is 7.38. The van der Waals surface area contributed by atoms with Crippen molar-refractivity contribution in [1.29, 1.82) is 0 Å². The molecular formula is C5H4KN. The summed E-state index contributed by atoms with van der Waals surface area (Å²) in [5, 5.41) is 0. The molecule has 2 heteroatoms. The van der Waals surface area contributed by atoms with Crippen LogP contribution in [0.1, 0.15) is 0 Å². The molecule has 0 aliphatic carbocycles. The molecule has 0 N–H and O–H groups in total. The molecular weight excluding hydrogens is 113 g/mol. The van der Waals surface area contributed by atoms with Crippen LogP contribution in [0.25, 0.3) is 0 Å². The van der Waals surface area contributed by atoms with Gasteiger partial charge >= 0.3 is 78.1 Å². The van der Waals surface area contributed by atoms with E-state index in [1.165, 1.54) is -0.212 Å². The van der Waals surface area contributed by atoms with Crippen molar-refractivity contribution in [3.8, 4) is 0 Å². The molecule has 0 aromatic carbocycles. The second kappa shape index (κ2) is 2.94. The van der Waals surface area contributed by atoms with Crippen LogP contribution in [0.5, 0.6) is 0 Å². The van der Waals surface area contributed by atoms with Gasteiger partial charge in [0.05, 0.1) is 0 Å². The van der Waals surface area contributed by atoms with E-state index in [0.717, 1.165) is 49.0 Å². The Kier molecular flexibility index (Phi) is 2.49. The number of hydrogen-bond donors (Lipinski definition) is 0. The first kappa shape index (κ1) is 5.91. The molecule has 30 valence electrons. The minimum atomic E-state index is 0.744. The van der Waals surface area contributed by atoms with Crippen LogP contribution in [0.4, 0.5) is 0 Å². The number of pyridine rings is 1. The Morgan fingerprint density at radius 2 is 2.29 bits per heavy atom. The fraction of sp³-hybridized carbons (Fsp3) is 0. The van der Waals surface area contributed by atoms with Crippen LogP contribution in [0.15, 0.2) is 24.4 Å². The standard InChI is InChI=1S/C5H4N.K/c1-2-4-6-5-3-1;/h1-4H;. The molecule has 0 unspecified atom stereocenters. The second-order valence-corrected chi connectivity index (χ2v) is 3.07. The molecule has 7 heavy (non-hydrogen) atoms. The first-order valence-corrected chi connectivity index (χ1v) is 3.83. The molecule has 1 nitrogen and oxygen atoms in total. The first-order valence-electron chi connectivity index (χ1n) is 2.27. The number of nitrogens with zero attached hydrogens (tertiary/aromatic N) is 1. The summed E-state index contributed by atoms with van der Waals surface area (Å²) >= 11 is 0.744. The van der Waals surface area contributed by atoms with Crippen LogP contribution in [0, 0.1) is 0 Å². The van der Waals surface area contributed by atoms with E-state index in [1.54, 1.807) is 0 Å². The maximum atomic E-state index is 4.06. The van der Waals surface area contributed by atoms with Gasteiger partial charge in [-0.3, -0.25) is 0 Å². The third kappa shape index (κ3) is 2.01. The predicted octanol–water partition coefficient (Wildman–Crippen LogP) is -0.125. The van der Waals surface area contributed by atoms with Gasteiger partial charge in [-0.2, -0.15) is 0 Å². The molecule has 0 saturated heterocycles. The average Bonchev–Trinajstić information content (AvgIpc) is 1.69. The third-order valence-corrected chi connectivity index (χ3v) is 1.74. The van der Waals surface area contributed by atoms with Crippen molar-refractivity contribution in [1.82, 2.24) is 4.98 Å². The van der Waals surface area contributed by atoms with Crippen molar-refractivity contribution in [2.75, 3.05) is 0 Å². The predicted molar refractivity (Wildman–Crippen MR) is 29.6 cm³/mol. The molecule has 0 fully saturated rings. The van der Waals surface area contributed by atoms with Crippen LogP contribution in [-0.4, -0.2) is 53.9 Å². The van der Waals surface area contributed by atoms with Crippen LogP contribution in [0.2, 0.25) is 0 Å². The van der Waals surface area contributed by atoms with Gasteiger partial charge in [0.25, 0.3) is 0 Å². The molecule has 0 spiro atoms. The fourth-order valence-electron chi connectivity index (χ4n) is 0.448. The Hall–Kier alpha value is 0.786. The summed E-state index contributed by atoms with van der Waals surface area (Å²) in [7, 11) is 0. The molecule has 0 atom stereocenters. The molecule has 1 aromatic rings. The molecule has 1 aromatic heterocycles. The number of hydrogen-bond acceptors (Lipinski definition) is 1. The van der Waals surface area contributed by atoms with Crippen LogP contribution < -0.4 is -0.212 Å². The maximum absolute atomic E-state index is 4.06. The third-order valence-electron chi connectivity index (χ3n) is 0.813. The van der Waals surface area contributed by atoms with Gasteiger partial charge in [-0.05, 0) is 0 Å². The molecule has 0 aliphatic heterocycles. The Morgan fingerprint density at radius 3 is 2.57 bits per heavy atom. The Morgan fingerprint density at radius 1 is 1.43 bits per heavy atom. The minimum absolute atomic E-state index is 0.744. The summed E-state index contributed by atoms with van der Waals surface area (Å²) in [4.78, 5) is 4.06. The van der Waals surface area contributed by atoms with Gasteiger partial charge in [-0.15, -0.1) is 0 Å². The molecule has 0 saturated carbocycles. The van der Waals surface area contributed by atoms with E-state index in [9.17, 15) is 0 Å². The summed E-state index contributed by atoms with van der Waals surface area (Å²) in [5.74, 6) is 0. The van der Waals surface area contributed by atoms with Crippen LogP contribution >= 0.6 is 0 Å². The van der Waals surface area contributed by atoms with Crippen molar-refractivity contribution in [2.45, 2.75) is 0 Å². The Bertz CT molecular complexity index is 138. The zero-order valence-electron chi connectivity index (χ0n) is 4.26.